The highest BCUT2D eigenvalue weighted by Gasteiger charge is 2.25. The number of rotatable bonds is 6. The Morgan fingerprint density at radius 1 is 1.23 bits per heavy atom. The number of amides is 2. The van der Waals surface area contributed by atoms with Gasteiger partial charge in [-0.05, 0) is 32.1 Å². The van der Waals surface area contributed by atoms with Crippen LogP contribution in [0.2, 0.25) is 0 Å². The second-order valence-corrected chi connectivity index (χ2v) is 7.81. The van der Waals surface area contributed by atoms with E-state index in [1.807, 2.05) is 16.7 Å². The summed E-state index contributed by atoms with van der Waals surface area (Å²) >= 11 is 1.36. The van der Waals surface area contributed by atoms with Crippen molar-refractivity contribution in [1.29, 1.82) is 0 Å². The second kappa shape index (κ2) is 9.36. The lowest BCUT2D eigenvalue weighted by molar-refractivity contribution is -0.135. The smallest absolute Gasteiger partial charge is 0.233 e. The zero-order chi connectivity index (χ0) is 18.4. The first-order valence-electron chi connectivity index (χ1n) is 9.27. The number of carbonyl (C=O) groups excluding carboxylic acids is 2. The molecule has 144 valence electrons. The Kier molecular flexibility index (Phi) is 6.90. The first kappa shape index (κ1) is 19.2. The van der Waals surface area contributed by atoms with Crippen LogP contribution in [0.3, 0.4) is 0 Å². The van der Waals surface area contributed by atoms with Crippen LogP contribution in [0.4, 0.5) is 0 Å². The van der Waals surface area contributed by atoms with Crippen LogP contribution in [-0.2, 0) is 14.3 Å². The van der Waals surface area contributed by atoms with E-state index in [0.29, 0.717) is 49.6 Å². The lowest BCUT2D eigenvalue weighted by Gasteiger charge is -2.33. The van der Waals surface area contributed by atoms with Crippen LogP contribution in [0, 0.1) is 12.8 Å². The summed E-state index contributed by atoms with van der Waals surface area (Å²) < 4.78 is 5.29. The summed E-state index contributed by atoms with van der Waals surface area (Å²) in [4.78, 5) is 32.8. The first-order chi connectivity index (χ1) is 12.6. The van der Waals surface area contributed by atoms with E-state index in [4.69, 9.17) is 4.74 Å². The highest BCUT2D eigenvalue weighted by Crippen LogP contribution is 2.23. The summed E-state index contributed by atoms with van der Waals surface area (Å²) in [5.41, 5.74) is 0. The highest BCUT2D eigenvalue weighted by molar-refractivity contribution is 7.99. The Hall–Kier alpha value is -1.61. The minimum absolute atomic E-state index is 0.127. The van der Waals surface area contributed by atoms with Crippen molar-refractivity contribution in [2.45, 2.75) is 37.8 Å². The molecule has 0 saturated carbocycles. The Labute approximate surface area is 158 Å². The minimum atomic E-state index is 0.127. The number of morpholine rings is 1. The normalized spacial score (nSPS) is 21.0. The Balaban J connectivity index is 1.40. The number of ether oxygens (including phenoxy) is 1. The number of hydrogen-bond acceptors (Lipinski definition) is 6. The molecule has 0 aromatic carbocycles. The zero-order valence-corrected chi connectivity index (χ0v) is 16.1. The van der Waals surface area contributed by atoms with Crippen molar-refractivity contribution in [2.24, 2.45) is 5.92 Å². The van der Waals surface area contributed by atoms with Crippen molar-refractivity contribution in [2.75, 3.05) is 45.1 Å². The monoisotopic (exact) mass is 381 g/mol. The van der Waals surface area contributed by atoms with E-state index in [9.17, 15) is 9.59 Å². The van der Waals surface area contributed by atoms with Crippen molar-refractivity contribution in [3.63, 3.8) is 0 Å². The minimum Gasteiger partial charge on any atom is -0.378 e. The molecule has 3 rings (SSSR count). The summed E-state index contributed by atoms with van der Waals surface area (Å²) in [6.45, 7) is 6.08. The molecule has 2 saturated heterocycles. The maximum Gasteiger partial charge on any atom is 0.233 e. The molecular formula is C17H27N5O3S. The number of carbonyl (C=O) groups is 2. The number of hydrogen-bond donors (Lipinski definition) is 1. The first-order valence-corrected chi connectivity index (χ1v) is 10.3. The van der Waals surface area contributed by atoms with E-state index in [1.54, 1.807) is 0 Å². The molecule has 1 aromatic heterocycles. The van der Waals surface area contributed by atoms with Crippen LogP contribution in [-0.4, -0.2) is 81.9 Å². The molecule has 2 amide bonds. The molecule has 8 nitrogen and oxygen atoms in total. The topological polar surface area (TPSA) is 91.4 Å². The van der Waals surface area contributed by atoms with E-state index in [1.165, 1.54) is 11.8 Å². The van der Waals surface area contributed by atoms with Gasteiger partial charge in [0.2, 0.25) is 17.0 Å². The van der Waals surface area contributed by atoms with Gasteiger partial charge in [0.25, 0.3) is 0 Å². The SMILES string of the molecule is Cc1nc(SCC(=O)N2CCC[C@@H](CCC(=O)N3CCOCC3)C2)n[nH]1. The van der Waals surface area contributed by atoms with E-state index >= 15 is 0 Å². The molecule has 3 heterocycles. The number of aromatic nitrogens is 3. The molecule has 0 radical (unpaired) electrons. The predicted molar refractivity (Wildman–Crippen MR) is 97.8 cm³/mol. The summed E-state index contributed by atoms with van der Waals surface area (Å²) in [5.74, 6) is 1.86. The van der Waals surface area contributed by atoms with Gasteiger partial charge in [-0.3, -0.25) is 14.7 Å². The number of nitrogens with zero attached hydrogens (tertiary/aromatic N) is 4. The van der Waals surface area contributed by atoms with Gasteiger partial charge in [0.05, 0.1) is 19.0 Å². The summed E-state index contributed by atoms with van der Waals surface area (Å²) in [6, 6.07) is 0. The largest absolute Gasteiger partial charge is 0.378 e. The summed E-state index contributed by atoms with van der Waals surface area (Å²) in [7, 11) is 0. The van der Waals surface area contributed by atoms with Crippen LogP contribution in [0.25, 0.3) is 0 Å². The fraction of sp³-hybridized carbons (Fsp3) is 0.765. The van der Waals surface area contributed by atoms with Crippen molar-refractivity contribution in [3.8, 4) is 0 Å². The van der Waals surface area contributed by atoms with Crippen molar-refractivity contribution in [1.82, 2.24) is 25.0 Å². The van der Waals surface area contributed by atoms with Gasteiger partial charge in [0, 0.05) is 32.6 Å². The zero-order valence-electron chi connectivity index (χ0n) is 15.3. The standard InChI is InChI=1S/C17H27N5O3S/c1-13-18-17(20-19-13)26-12-16(24)22-6-2-3-14(11-22)4-5-15(23)21-7-9-25-10-8-21/h14H,2-12H2,1H3,(H,18,19,20)/t14-/m0/s1. The van der Waals surface area contributed by atoms with Gasteiger partial charge in [-0.2, -0.15) is 0 Å². The van der Waals surface area contributed by atoms with Gasteiger partial charge in [0.15, 0.2) is 0 Å². The molecule has 0 spiro atoms. The van der Waals surface area contributed by atoms with Gasteiger partial charge < -0.3 is 14.5 Å². The third-order valence-electron chi connectivity index (χ3n) is 4.90. The number of nitrogens with one attached hydrogen (secondary N) is 1. The average molecular weight is 382 g/mol. The van der Waals surface area contributed by atoms with Crippen LogP contribution in [0.1, 0.15) is 31.5 Å². The number of aryl methyl sites for hydroxylation is 1. The molecule has 2 aliphatic heterocycles. The number of piperidine rings is 1. The number of aromatic amines is 1. The Morgan fingerprint density at radius 3 is 2.77 bits per heavy atom. The Morgan fingerprint density at radius 2 is 2.04 bits per heavy atom. The average Bonchev–Trinajstić information content (AvgIpc) is 3.10. The molecule has 0 unspecified atom stereocenters. The van der Waals surface area contributed by atoms with E-state index in [0.717, 1.165) is 38.2 Å². The number of likely N-dealkylation sites (tertiary alicyclic amines) is 1. The van der Waals surface area contributed by atoms with E-state index < -0.39 is 0 Å². The van der Waals surface area contributed by atoms with Crippen LogP contribution in [0.5, 0.6) is 0 Å². The number of thioether (sulfide) groups is 1. The lowest BCUT2D eigenvalue weighted by Crippen LogP contribution is -2.42. The van der Waals surface area contributed by atoms with Crippen molar-refractivity contribution >= 4 is 23.6 Å². The van der Waals surface area contributed by atoms with Gasteiger partial charge in [0.1, 0.15) is 5.82 Å². The maximum absolute atomic E-state index is 12.5. The van der Waals surface area contributed by atoms with E-state index in [-0.39, 0.29) is 11.8 Å². The molecule has 1 N–H and O–H groups in total. The molecule has 1 atom stereocenters. The van der Waals surface area contributed by atoms with Gasteiger partial charge in [-0.25, -0.2) is 4.98 Å². The molecule has 1 aromatic rings. The molecule has 2 aliphatic rings. The number of H-pyrrole nitrogens is 1. The third kappa shape index (κ3) is 5.44. The molecule has 0 bridgehead atoms. The van der Waals surface area contributed by atoms with E-state index in [2.05, 4.69) is 15.2 Å². The predicted octanol–water partition coefficient (Wildman–Crippen LogP) is 1.08. The van der Waals surface area contributed by atoms with Crippen LogP contribution >= 0.6 is 11.8 Å². The van der Waals surface area contributed by atoms with Gasteiger partial charge >= 0.3 is 0 Å². The summed E-state index contributed by atoms with van der Waals surface area (Å²) in [6.07, 6.45) is 3.52. The second-order valence-electron chi connectivity index (χ2n) is 6.87. The third-order valence-corrected chi connectivity index (χ3v) is 5.74. The molecule has 9 heteroatoms. The van der Waals surface area contributed by atoms with Gasteiger partial charge in [-0.15, -0.1) is 5.10 Å². The molecule has 2 fully saturated rings. The van der Waals surface area contributed by atoms with Crippen molar-refractivity contribution < 1.29 is 14.3 Å². The lowest BCUT2D eigenvalue weighted by atomic mass is 9.93. The molecule has 26 heavy (non-hydrogen) atoms. The Bertz CT molecular complexity index is 617. The van der Waals surface area contributed by atoms with Gasteiger partial charge in [-0.1, -0.05) is 11.8 Å². The fourth-order valence-corrected chi connectivity index (χ4v) is 4.18. The molecule has 0 aliphatic carbocycles. The summed E-state index contributed by atoms with van der Waals surface area (Å²) in [5, 5.41) is 7.44. The quantitative estimate of drug-likeness (QED) is 0.742. The van der Waals surface area contributed by atoms with Crippen LogP contribution in [0.15, 0.2) is 5.16 Å². The van der Waals surface area contributed by atoms with Crippen LogP contribution < -0.4 is 0 Å². The molecular weight excluding hydrogens is 354 g/mol. The highest BCUT2D eigenvalue weighted by atomic mass is 32.2. The van der Waals surface area contributed by atoms with Crippen molar-refractivity contribution in [3.05, 3.63) is 5.82 Å². The fourth-order valence-electron chi connectivity index (χ4n) is 3.43. The maximum atomic E-state index is 12.5.